The topological polar surface area (TPSA) is 101 Å². The molecule has 116 valence electrons. The molecule has 0 saturated heterocycles. The largest absolute Gasteiger partial charge is 0.480 e. The zero-order valence-electron chi connectivity index (χ0n) is 12.0. The lowest BCUT2D eigenvalue weighted by molar-refractivity contribution is -0.139. The molecule has 2 N–H and O–H groups in total. The summed E-state index contributed by atoms with van der Waals surface area (Å²) in [5, 5.41) is 9.06. The van der Waals surface area contributed by atoms with Crippen LogP contribution in [-0.4, -0.2) is 31.3 Å². The average Bonchev–Trinajstić information content (AvgIpc) is 2.43. The van der Waals surface area contributed by atoms with Gasteiger partial charge >= 0.3 is 5.97 Å². The van der Waals surface area contributed by atoms with Gasteiger partial charge in [-0.15, -0.1) is 0 Å². The van der Waals surface area contributed by atoms with E-state index in [9.17, 15) is 18.0 Å². The first-order chi connectivity index (χ1) is 9.77. The Morgan fingerprint density at radius 1 is 1.24 bits per heavy atom. The SMILES string of the molecule is CCCC[C@H](NS(=O)(=O)c1ccc(C(C)=O)cc1)C(=O)O. The smallest absolute Gasteiger partial charge is 0.321 e. The molecule has 0 unspecified atom stereocenters. The van der Waals surface area contributed by atoms with Crippen LogP contribution in [0.25, 0.3) is 0 Å². The van der Waals surface area contributed by atoms with Gasteiger partial charge in [-0.1, -0.05) is 31.9 Å². The Morgan fingerprint density at radius 3 is 2.24 bits per heavy atom. The Hall–Kier alpha value is -1.73. The van der Waals surface area contributed by atoms with E-state index in [2.05, 4.69) is 4.72 Å². The van der Waals surface area contributed by atoms with Crippen molar-refractivity contribution in [3.05, 3.63) is 29.8 Å². The summed E-state index contributed by atoms with van der Waals surface area (Å²) in [4.78, 5) is 22.2. The summed E-state index contributed by atoms with van der Waals surface area (Å²) in [6, 6.07) is 4.23. The van der Waals surface area contributed by atoms with E-state index in [4.69, 9.17) is 5.11 Å². The molecule has 0 bridgehead atoms. The molecule has 1 aromatic rings. The summed E-state index contributed by atoms with van der Waals surface area (Å²) < 4.78 is 26.4. The Balaban J connectivity index is 2.93. The van der Waals surface area contributed by atoms with Gasteiger partial charge in [-0.05, 0) is 25.5 Å². The maximum Gasteiger partial charge on any atom is 0.321 e. The molecule has 0 saturated carbocycles. The van der Waals surface area contributed by atoms with Crippen LogP contribution in [0, 0.1) is 0 Å². The van der Waals surface area contributed by atoms with Crippen LogP contribution in [0.4, 0.5) is 0 Å². The lowest BCUT2D eigenvalue weighted by atomic mass is 10.1. The third-order valence-electron chi connectivity index (χ3n) is 3.01. The molecular formula is C14H19NO5S. The molecule has 0 spiro atoms. The number of aliphatic carboxylic acids is 1. The highest BCUT2D eigenvalue weighted by Crippen LogP contribution is 2.13. The third kappa shape index (κ3) is 4.95. The molecule has 21 heavy (non-hydrogen) atoms. The fourth-order valence-corrected chi connectivity index (χ4v) is 2.99. The number of sulfonamides is 1. The molecule has 1 rings (SSSR count). The van der Waals surface area contributed by atoms with Crippen molar-refractivity contribution < 1.29 is 23.1 Å². The van der Waals surface area contributed by atoms with Crippen molar-refractivity contribution in [2.75, 3.05) is 0 Å². The molecule has 0 aliphatic carbocycles. The molecule has 1 aromatic carbocycles. The van der Waals surface area contributed by atoms with Crippen LogP contribution >= 0.6 is 0 Å². The van der Waals surface area contributed by atoms with Crippen molar-refractivity contribution in [3.63, 3.8) is 0 Å². The molecule has 0 aliphatic heterocycles. The summed E-state index contributed by atoms with van der Waals surface area (Å²) in [6.45, 7) is 3.28. The first-order valence-corrected chi connectivity index (χ1v) is 8.12. The quantitative estimate of drug-likeness (QED) is 0.713. The first kappa shape index (κ1) is 17.3. The molecule has 0 aliphatic rings. The van der Waals surface area contributed by atoms with Gasteiger partial charge in [-0.2, -0.15) is 4.72 Å². The van der Waals surface area contributed by atoms with Gasteiger partial charge in [0.25, 0.3) is 0 Å². The highest BCUT2D eigenvalue weighted by atomic mass is 32.2. The van der Waals surface area contributed by atoms with Crippen LogP contribution in [0.1, 0.15) is 43.5 Å². The number of rotatable bonds is 8. The maximum atomic E-state index is 12.1. The maximum absolute atomic E-state index is 12.1. The van der Waals surface area contributed by atoms with Crippen molar-refractivity contribution in [3.8, 4) is 0 Å². The van der Waals surface area contributed by atoms with Crippen molar-refractivity contribution >= 4 is 21.8 Å². The molecular weight excluding hydrogens is 294 g/mol. The molecule has 7 heteroatoms. The number of ketones is 1. The average molecular weight is 313 g/mol. The summed E-state index contributed by atoms with van der Waals surface area (Å²) >= 11 is 0. The number of nitrogens with one attached hydrogen (secondary N) is 1. The van der Waals surface area contributed by atoms with Crippen molar-refractivity contribution in [1.82, 2.24) is 4.72 Å². The van der Waals surface area contributed by atoms with E-state index in [1.807, 2.05) is 6.92 Å². The lowest BCUT2D eigenvalue weighted by Gasteiger charge is -2.14. The first-order valence-electron chi connectivity index (χ1n) is 6.64. The number of carboxylic acid groups (broad SMARTS) is 1. The second kappa shape index (κ2) is 7.33. The predicted molar refractivity (Wildman–Crippen MR) is 77.7 cm³/mol. The Kier molecular flexibility index (Phi) is 6.04. The molecule has 0 aromatic heterocycles. The number of hydrogen-bond donors (Lipinski definition) is 2. The van der Waals surface area contributed by atoms with Gasteiger partial charge in [0.05, 0.1) is 4.90 Å². The van der Waals surface area contributed by atoms with E-state index < -0.39 is 22.0 Å². The van der Waals surface area contributed by atoms with Crippen LogP contribution < -0.4 is 4.72 Å². The van der Waals surface area contributed by atoms with Crippen LogP contribution in [0.15, 0.2) is 29.2 Å². The normalized spacial score (nSPS) is 12.9. The molecule has 0 amide bonds. The number of carbonyl (C=O) groups is 2. The minimum Gasteiger partial charge on any atom is -0.480 e. The van der Waals surface area contributed by atoms with Gasteiger partial charge in [-0.3, -0.25) is 9.59 Å². The second-order valence-electron chi connectivity index (χ2n) is 4.73. The van der Waals surface area contributed by atoms with Crippen LogP contribution in [0.3, 0.4) is 0 Å². The van der Waals surface area contributed by atoms with E-state index in [0.717, 1.165) is 6.42 Å². The molecule has 0 heterocycles. The minimum absolute atomic E-state index is 0.0600. The van der Waals surface area contributed by atoms with Gasteiger partial charge in [0.2, 0.25) is 10.0 Å². The Bertz CT molecular complexity index is 607. The van der Waals surface area contributed by atoms with E-state index in [1.165, 1.54) is 31.2 Å². The van der Waals surface area contributed by atoms with E-state index >= 15 is 0 Å². The summed E-state index contributed by atoms with van der Waals surface area (Å²) in [5.41, 5.74) is 0.398. The number of unbranched alkanes of at least 4 members (excludes halogenated alkanes) is 1. The highest BCUT2D eigenvalue weighted by molar-refractivity contribution is 7.89. The summed E-state index contributed by atoms with van der Waals surface area (Å²) in [6.07, 6.45) is 1.62. The number of benzene rings is 1. The van der Waals surface area contributed by atoms with Crippen molar-refractivity contribution in [2.45, 2.75) is 44.0 Å². The van der Waals surface area contributed by atoms with Crippen LogP contribution in [-0.2, 0) is 14.8 Å². The van der Waals surface area contributed by atoms with Gasteiger partial charge in [-0.25, -0.2) is 8.42 Å². The van der Waals surface area contributed by atoms with Crippen LogP contribution in [0.5, 0.6) is 0 Å². The third-order valence-corrected chi connectivity index (χ3v) is 4.50. The minimum atomic E-state index is -3.92. The number of hydrogen-bond acceptors (Lipinski definition) is 4. The van der Waals surface area contributed by atoms with Crippen molar-refractivity contribution in [2.24, 2.45) is 0 Å². The fraction of sp³-hybridized carbons (Fsp3) is 0.429. The van der Waals surface area contributed by atoms with Gasteiger partial charge < -0.3 is 5.11 Å². The van der Waals surface area contributed by atoms with Crippen LogP contribution in [0.2, 0.25) is 0 Å². The summed E-state index contributed by atoms with van der Waals surface area (Å²) in [5.74, 6) is -1.37. The van der Waals surface area contributed by atoms with Gasteiger partial charge in [0.15, 0.2) is 5.78 Å². The molecule has 1 atom stereocenters. The monoisotopic (exact) mass is 313 g/mol. The zero-order valence-corrected chi connectivity index (χ0v) is 12.8. The second-order valence-corrected chi connectivity index (χ2v) is 6.45. The number of carbonyl (C=O) groups excluding carboxylic acids is 1. The van der Waals surface area contributed by atoms with Gasteiger partial charge in [0.1, 0.15) is 6.04 Å². The molecule has 6 nitrogen and oxygen atoms in total. The standard InChI is InChI=1S/C14H19NO5S/c1-3-4-5-13(14(17)18)15-21(19,20)12-8-6-11(7-9-12)10(2)16/h6-9,13,15H,3-5H2,1-2H3,(H,17,18)/t13-/m0/s1. The highest BCUT2D eigenvalue weighted by Gasteiger charge is 2.24. The fourth-order valence-electron chi connectivity index (χ4n) is 1.77. The van der Waals surface area contributed by atoms with E-state index in [-0.39, 0.29) is 17.1 Å². The Labute approximate surface area is 124 Å². The van der Waals surface area contributed by atoms with E-state index in [0.29, 0.717) is 12.0 Å². The zero-order chi connectivity index (χ0) is 16.0. The number of Topliss-reactive ketones (excluding diaryl/α,β-unsaturated/α-hetero) is 1. The number of carboxylic acids is 1. The molecule has 0 fully saturated rings. The predicted octanol–water partition coefficient (Wildman–Crippen LogP) is 1.81. The van der Waals surface area contributed by atoms with Gasteiger partial charge in [0, 0.05) is 5.56 Å². The van der Waals surface area contributed by atoms with E-state index in [1.54, 1.807) is 0 Å². The Morgan fingerprint density at radius 2 is 1.81 bits per heavy atom. The molecule has 0 radical (unpaired) electrons. The summed E-state index contributed by atoms with van der Waals surface area (Å²) in [7, 11) is -3.92. The lowest BCUT2D eigenvalue weighted by Crippen LogP contribution is -2.40. The van der Waals surface area contributed by atoms with Crippen molar-refractivity contribution in [1.29, 1.82) is 0 Å².